The van der Waals surface area contributed by atoms with Crippen LogP contribution in [-0.4, -0.2) is 96.8 Å². The Morgan fingerprint density at radius 1 is 0.875 bits per heavy atom. The van der Waals surface area contributed by atoms with Crippen molar-refractivity contribution in [1.29, 1.82) is 0 Å². The summed E-state index contributed by atoms with van der Waals surface area (Å²) in [7, 11) is 0. The molecule has 0 aromatic rings. The number of rotatable bonds is 9. The van der Waals surface area contributed by atoms with Crippen LogP contribution in [0.2, 0.25) is 0 Å². The molecule has 0 saturated carbocycles. The van der Waals surface area contributed by atoms with Gasteiger partial charge in [0.05, 0.1) is 0 Å². The highest BCUT2D eigenvalue weighted by Gasteiger charge is 2.14. The highest BCUT2D eigenvalue weighted by Crippen LogP contribution is 2.03. The molecule has 0 unspecified atom stereocenters. The first kappa shape index (κ1) is 19.8. The number of nitrogens with one attached hydrogen (secondary N) is 2. The standard InChI is InChI=1S/C14H26N6O4/c21-13(11-17-23)15-3-1-5-19-6-2-7-20(10-9-19)8-4-16-14(22)12-18-24/h11-12,23-24H,1-10H2,(H,15,21)(H,16,22)/b17-11+,18-12+. The molecule has 10 nitrogen and oxygen atoms in total. The Labute approximate surface area is 141 Å². The van der Waals surface area contributed by atoms with E-state index in [0.29, 0.717) is 13.1 Å². The molecular weight excluding hydrogens is 316 g/mol. The monoisotopic (exact) mass is 342 g/mol. The Balaban J connectivity index is 2.14. The molecule has 24 heavy (non-hydrogen) atoms. The molecule has 1 aliphatic rings. The quantitative estimate of drug-likeness (QED) is 0.175. The lowest BCUT2D eigenvalue weighted by Gasteiger charge is -2.21. The van der Waals surface area contributed by atoms with E-state index in [2.05, 4.69) is 30.7 Å². The summed E-state index contributed by atoms with van der Waals surface area (Å²) in [5, 5.41) is 27.1. The highest BCUT2D eigenvalue weighted by molar-refractivity contribution is 6.26. The van der Waals surface area contributed by atoms with Crippen molar-refractivity contribution in [2.45, 2.75) is 12.8 Å². The van der Waals surface area contributed by atoms with E-state index >= 15 is 0 Å². The molecule has 4 N–H and O–H groups in total. The maximum atomic E-state index is 11.1. The van der Waals surface area contributed by atoms with Gasteiger partial charge in [0.25, 0.3) is 11.8 Å². The summed E-state index contributed by atoms with van der Waals surface area (Å²) < 4.78 is 0. The predicted molar refractivity (Wildman–Crippen MR) is 88.7 cm³/mol. The second-order valence-corrected chi connectivity index (χ2v) is 5.46. The van der Waals surface area contributed by atoms with Crippen LogP contribution in [0.1, 0.15) is 12.8 Å². The van der Waals surface area contributed by atoms with E-state index in [9.17, 15) is 9.59 Å². The van der Waals surface area contributed by atoms with Gasteiger partial charge in [-0.25, -0.2) is 0 Å². The molecule has 1 saturated heterocycles. The first-order valence-electron chi connectivity index (χ1n) is 8.01. The van der Waals surface area contributed by atoms with E-state index in [-0.39, 0.29) is 0 Å². The van der Waals surface area contributed by atoms with Gasteiger partial charge in [-0.15, -0.1) is 0 Å². The topological polar surface area (TPSA) is 130 Å². The third-order valence-corrected chi connectivity index (χ3v) is 3.71. The third kappa shape index (κ3) is 9.06. The van der Waals surface area contributed by atoms with Crippen LogP contribution in [0.4, 0.5) is 0 Å². The summed E-state index contributed by atoms with van der Waals surface area (Å²) in [5.41, 5.74) is 0. The van der Waals surface area contributed by atoms with Crippen LogP contribution in [0.25, 0.3) is 0 Å². The van der Waals surface area contributed by atoms with Gasteiger partial charge in [-0.05, 0) is 32.5 Å². The average Bonchev–Trinajstić information content (AvgIpc) is 2.78. The number of hydrogen-bond acceptors (Lipinski definition) is 8. The molecule has 0 spiro atoms. The zero-order valence-corrected chi connectivity index (χ0v) is 13.7. The van der Waals surface area contributed by atoms with Gasteiger partial charge in [-0.1, -0.05) is 10.3 Å². The van der Waals surface area contributed by atoms with E-state index in [1.165, 1.54) is 0 Å². The summed E-state index contributed by atoms with van der Waals surface area (Å²) in [6.07, 6.45) is 3.57. The SMILES string of the molecule is O=C(/C=N/O)NCCCN1CCCN(CCNC(=O)/C=N/O)CC1. The summed E-state index contributed by atoms with van der Waals surface area (Å²) in [6, 6.07) is 0. The maximum Gasteiger partial charge on any atom is 0.265 e. The van der Waals surface area contributed by atoms with Crippen molar-refractivity contribution in [2.75, 3.05) is 52.4 Å². The van der Waals surface area contributed by atoms with Gasteiger partial charge in [0.2, 0.25) is 0 Å². The molecule has 1 rings (SSSR count). The average molecular weight is 342 g/mol. The summed E-state index contributed by atoms with van der Waals surface area (Å²) >= 11 is 0. The normalized spacial score (nSPS) is 17.2. The fourth-order valence-corrected chi connectivity index (χ4v) is 2.52. The number of carbonyl (C=O) groups excluding carboxylic acids is 2. The summed E-state index contributed by atoms with van der Waals surface area (Å²) in [5.74, 6) is -0.796. The van der Waals surface area contributed by atoms with Crippen LogP contribution in [0.3, 0.4) is 0 Å². The van der Waals surface area contributed by atoms with Crippen molar-refractivity contribution < 1.29 is 20.0 Å². The lowest BCUT2D eigenvalue weighted by atomic mass is 10.3. The van der Waals surface area contributed by atoms with Gasteiger partial charge in [-0.2, -0.15) is 0 Å². The Kier molecular flexibility index (Phi) is 10.1. The number of oxime groups is 2. The predicted octanol–water partition coefficient (Wildman–Crippen LogP) is -1.46. The van der Waals surface area contributed by atoms with Crippen LogP contribution in [-0.2, 0) is 9.59 Å². The highest BCUT2D eigenvalue weighted by atomic mass is 16.4. The van der Waals surface area contributed by atoms with Crippen LogP contribution in [0.15, 0.2) is 10.3 Å². The van der Waals surface area contributed by atoms with Gasteiger partial charge in [-0.3, -0.25) is 9.59 Å². The fraction of sp³-hybridized carbons (Fsp3) is 0.714. The summed E-state index contributed by atoms with van der Waals surface area (Å²) in [4.78, 5) is 26.9. The molecule has 2 amide bonds. The molecule has 0 bridgehead atoms. The van der Waals surface area contributed by atoms with Crippen LogP contribution in [0, 0.1) is 0 Å². The zero-order chi connectivity index (χ0) is 17.6. The van der Waals surface area contributed by atoms with Gasteiger partial charge in [0.15, 0.2) is 0 Å². The molecule has 1 aliphatic heterocycles. The van der Waals surface area contributed by atoms with Crippen molar-refractivity contribution in [1.82, 2.24) is 20.4 Å². The molecule has 1 fully saturated rings. The van der Waals surface area contributed by atoms with E-state index in [0.717, 1.165) is 64.5 Å². The molecule has 0 radical (unpaired) electrons. The van der Waals surface area contributed by atoms with Crippen molar-refractivity contribution >= 4 is 24.2 Å². The number of nitrogens with zero attached hydrogens (tertiary/aromatic N) is 4. The van der Waals surface area contributed by atoms with Gasteiger partial charge < -0.3 is 30.8 Å². The molecule has 10 heteroatoms. The van der Waals surface area contributed by atoms with Crippen LogP contribution < -0.4 is 10.6 Å². The van der Waals surface area contributed by atoms with Crippen molar-refractivity contribution in [2.24, 2.45) is 10.3 Å². The third-order valence-electron chi connectivity index (χ3n) is 3.71. The molecule has 1 heterocycles. The van der Waals surface area contributed by atoms with E-state index in [4.69, 9.17) is 10.4 Å². The molecule has 0 aromatic heterocycles. The lowest BCUT2D eigenvalue weighted by Crippen LogP contribution is -2.37. The fourth-order valence-electron chi connectivity index (χ4n) is 2.52. The van der Waals surface area contributed by atoms with Crippen LogP contribution >= 0.6 is 0 Å². The molecule has 136 valence electrons. The number of amides is 2. The smallest absolute Gasteiger partial charge is 0.265 e. The van der Waals surface area contributed by atoms with Crippen LogP contribution in [0.5, 0.6) is 0 Å². The maximum absolute atomic E-state index is 11.1. The van der Waals surface area contributed by atoms with Crippen molar-refractivity contribution in [3.63, 3.8) is 0 Å². The first-order chi connectivity index (χ1) is 11.7. The molecule has 0 atom stereocenters. The van der Waals surface area contributed by atoms with Gasteiger partial charge in [0, 0.05) is 32.7 Å². The summed E-state index contributed by atoms with van der Waals surface area (Å²) in [6.45, 7) is 6.57. The molecule has 0 aliphatic carbocycles. The lowest BCUT2D eigenvalue weighted by molar-refractivity contribution is -0.115. The molecular formula is C14H26N6O4. The zero-order valence-electron chi connectivity index (χ0n) is 13.7. The number of carbonyl (C=O) groups is 2. The van der Waals surface area contributed by atoms with Crippen molar-refractivity contribution in [3.05, 3.63) is 0 Å². The minimum Gasteiger partial charge on any atom is -0.411 e. The van der Waals surface area contributed by atoms with Crippen molar-refractivity contribution in [3.8, 4) is 0 Å². The minimum absolute atomic E-state index is 0.396. The Bertz CT molecular complexity index is 443. The second kappa shape index (κ2) is 12.3. The number of hydrogen-bond donors (Lipinski definition) is 4. The largest absolute Gasteiger partial charge is 0.411 e. The Morgan fingerprint density at radius 3 is 2.00 bits per heavy atom. The van der Waals surface area contributed by atoms with E-state index < -0.39 is 11.8 Å². The van der Waals surface area contributed by atoms with E-state index in [1.807, 2.05) is 0 Å². The van der Waals surface area contributed by atoms with E-state index in [1.54, 1.807) is 0 Å². The first-order valence-corrected chi connectivity index (χ1v) is 8.01. The Morgan fingerprint density at radius 2 is 1.42 bits per heavy atom. The minimum atomic E-state index is -0.401. The van der Waals surface area contributed by atoms with Gasteiger partial charge >= 0.3 is 0 Å². The molecule has 0 aromatic carbocycles. The second-order valence-electron chi connectivity index (χ2n) is 5.46. The van der Waals surface area contributed by atoms with Gasteiger partial charge in [0.1, 0.15) is 12.4 Å². The Hall–Kier alpha value is -2.20.